The van der Waals surface area contributed by atoms with Crippen molar-refractivity contribution in [2.45, 2.75) is 19.6 Å². The molecule has 0 unspecified atom stereocenters. The van der Waals surface area contributed by atoms with Crippen LogP contribution in [0.15, 0.2) is 36.5 Å². The molecule has 0 fully saturated rings. The van der Waals surface area contributed by atoms with Crippen LogP contribution in [0.25, 0.3) is 0 Å². The Kier molecular flexibility index (Phi) is 4.30. The lowest BCUT2D eigenvalue weighted by Gasteiger charge is -2.11. The molecule has 0 aliphatic rings. The van der Waals surface area contributed by atoms with Crippen molar-refractivity contribution in [3.8, 4) is 0 Å². The number of hydrogen-bond acceptors (Lipinski definition) is 4. The molecule has 0 saturated heterocycles. The van der Waals surface area contributed by atoms with Crippen LogP contribution in [-0.4, -0.2) is 9.91 Å². The smallest absolute Gasteiger partial charge is 0.379 e. The van der Waals surface area contributed by atoms with Crippen molar-refractivity contribution >= 4 is 11.4 Å². The standard InChI is InChI=1S/C14H12F3N3O2/c1-9-3-2-6-18-12(9)8-19-10-4-5-13(20(21)22)11(7-10)14(15,16)17/h2-7,19H,8H2,1H3. The Hall–Kier alpha value is -2.64. The molecule has 0 aliphatic carbocycles. The maximum atomic E-state index is 12.9. The average molecular weight is 311 g/mol. The summed E-state index contributed by atoms with van der Waals surface area (Å²) >= 11 is 0. The molecule has 116 valence electrons. The molecular weight excluding hydrogens is 299 g/mol. The number of hydrogen-bond donors (Lipinski definition) is 1. The highest BCUT2D eigenvalue weighted by Crippen LogP contribution is 2.37. The van der Waals surface area contributed by atoms with E-state index in [0.717, 1.165) is 17.7 Å². The number of nitro benzene ring substituents is 1. The maximum absolute atomic E-state index is 12.9. The number of nitro groups is 1. The topological polar surface area (TPSA) is 68.1 Å². The molecule has 0 atom stereocenters. The highest BCUT2D eigenvalue weighted by molar-refractivity contribution is 5.55. The molecule has 22 heavy (non-hydrogen) atoms. The van der Waals surface area contributed by atoms with E-state index in [1.807, 2.05) is 13.0 Å². The van der Waals surface area contributed by atoms with Crippen LogP contribution in [0.5, 0.6) is 0 Å². The van der Waals surface area contributed by atoms with Gasteiger partial charge in [0.05, 0.1) is 17.2 Å². The Balaban J connectivity index is 2.26. The summed E-state index contributed by atoms with van der Waals surface area (Å²) < 4.78 is 38.6. The summed E-state index contributed by atoms with van der Waals surface area (Å²) in [5.41, 5.74) is -0.516. The second-order valence-electron chi connectivity index (χ2n) is 4.61. The number of nitrogens with zero attached hydrogens (tertiary/aromatic N) is 2. The lowest BCUT2D eigenvalue weighted by Crippen LogP contribution is -2.10. The first-order chi connectivity index (χ1) is 10.3. The summed E-state index contributed by atoms with van der Waals surface area (Å²) in [6, 6.07) is 6.41. The van der Waals surface area contributed by atoms with Gasteiger partial charge in [-0.2, -0.15) is 13.2 Å². The minimum absolute atomic E-state index is 0.142. The highest BCUT2D eigenvalue weighted by Gasteiger charge is 2.38. The number of alkyl halides is 3. The fraction of sp³-hybridized carbons (Fsp3) is 0.214. The molecule has 1 aromatic heterocycles. The van der Waals surface area contributed by atoms with Crippen molar-refractivity contribution < 1.29 is 18.1 Å². The van der Waals surface area contributed by atoms with E-state index in [2.05, 4.69) is 10.3 Å². The van der Waals surface area contributed by atoms with Crippen molar-refractivity contribution in [2.24, 2.45) is 0 Å². The van der Waals surface area contributed by atoms with Gasteiger partial charge in [0.2, 0.25) is 0 Å². The third kappa shape index (κ3) is 3.51. The monoisotopic (exact) mass is 311 g/mol. The normalized spacial score (nSPS) is 11.3. The second-order valence-corrected chi connectivity index (χ2v) is 4.61. The van der Waals surface area contributed by atoms with Gasteiger partial charge >= 0.3 is 6.18 Å². The van der Waals surface area contributed by atoms with Crippen LogP contribution >= 0.6 is 0 Å². The Morgan fingerprint density at radius 3 is 2.64 bits per heavy atom. The van der Waals surface area contributed by atoms with E-state index in [4.69, 9.17) is 0 Å². The van der Waals surface area contributed by atoms with Crippen LogP contribution < -0.4 is 5.32 Å². The quantitative estimate of drug-likeness (QED) is 0.686. The van der Waals surface area contributed by atoms with E-state index in [9.17, 15) is 23.3 Å². The largest absolute Gasteiger partial charge is 0.423 e. The summed E-state index contributed by atoms with van der Waals surface area (Å²) in [7, 11) is 0. The van der Waals surface area contributed by atoms with Gasteiger partial charge in [0.25, 0.3) is 5.69 Å². The van der Waals surface area contributed by atoms with Crippen LogP contribution in [0.3, 0.4) is 0 Å². The first-order valence-electron chi connectivity index (χ1n) is 6.29. The molecule has 2 aromatic rings. The zero-order chi connectivity index (χ0) is 16.3. The van der Waals surface area contributed by atoms with Crippen LogP contribution in [0, 0.1) is 17.0 Å². The first-order valence-corrected chi connectivity index (χ1v) is 6.29. The minimum Gasteiger partial charge on any atom is -0.379 e. The van der Waals surface area contributed by atoms with Gasteiger partial charge in [-0.3, -0.25) is 15.1 Å². The van der Waals surface area contributed by atoms with Crippen molar-refractivity contribution in [2.75, 3.05) is 5.32 Å². The molecule has 0 aliphatic heterocycles. The fourth-order valence-electron chi connectivity index (χ4n) is 1.92. The van der Waals surface area contributed by atoms with Gasteiger partial charge in [0.15, 0.2) is 0 Å². The number of aryl methyl sites for hydroxylation is 1. The zero-order valence-corrected chi connectivity index (χ0v) is 11.5. The molecule has 5 nitrogen and oxygen atoms in total. The molecular formula is C14H12F3N3O2. The van der Waals surface area contributed by atoms with E-state index in [1.165, 1.54) is 6.07 Å². The van der Waals surface area contributed by atoms with Crippen molar-refractivity contribution in [1.29, 1.82) is 0 Å². The van der Waals surface area contributed by atoms with Gasteiger partial charge in [-0.05, 0) is 30.7 Å². The average Bonchev–Trinajstić information content (AvgIpc) is 2.45. The summed E-state index contributed by atoms with van der Waals surface area (Å²) in [6.45, 7) is 2.06. The molecule has 8 heteroatoms. The number of rotatable bonds is 4. The lowest BCUT2D eigenvalue weighted by atomic mass is 10.1. The number of anilines is 1. The van der Waals surface area contributed by atoms with Crippen molar-refractivity contribution in [3.05, 3.63) is 63.5 Å². The van der Waals surface area contributed by atoms with E-state index in [-0.39, 0.29) is 12.2 Å². The first kappa shape index (κ1) is 15.7. The maximum Gasteiger partial charge on any atom is 0.423 e. The van der Waals surface area contributed by atoms with E-state index in [0.29, 0.717) is 5.69 Å². The summed E-state index contributed by atoms with van der Waals surface area (Å²) in [4.78, 5) is 13.8. The molecule has 0 bridgehead atoms. The molecule has 0 radical (unpaired) electrons. The number of aromatic nitrogens is 1. The Morgan fingerprint density at radius 1 is 1.32 bits per heavy atom. The summed E-state index contributed by atoms with van der Waals surface area (Å²) in [5, 5.41) is 13.5. The molecule has 1 aromatic carbocycles. The second kappa shape index (κ2) is 6.00. The van der Waals surface area contributed by atoms with Crippen LogP contribution in [-0.2, 0) is 12.7 Å². The van der Waals surface area contributed by atoms with Gasteiger partial charge in [-0.1, -0.05) is 6.07 Å². The SMILES string of the molecule is Cc1cccnc1CNc1ccc([N+](=O)[O-])c(C(F)(F)F)c1. The molecule has 2 rings (SSSR count). The molecule has 1 heterocycles. The van der Waals surface area contributed by atoms with E-state index < -0.39 is 22.4 Å². The number of halogens is 3. The van der Waals surface area contributed by atoms with Crippen LogP contribution in [0.2, 0.25) is 0 Å². The zero-order valence-electron chi connectivity index (χ0n) is 11.5. The fourth-order valence-corrected chi connectivity index (χ4v) is 1.92. The van der Waals surface area contributed by atoms with Crippen molar-refractivity contribution in [1.82, 2.24) is 4.98 Å². The third-order valence-corrected chi connectivity index (χ3v) is 3.08. The number of pyridine rings is 1. The Bertz CT molecular complexity index is 702. The third-order valence-electron chi connectivity index (χ3n) is 3.08. The van der Waals surface area contributed by atoms with E-state index >= 15 is 0 Å². The lowest BCUT2D eigenvalue weighted by molar-refractivity contribution is -0.388. The summed E-state index contributed by atoms with van der Waals surface area (Å²) in [6.07, 6.45) is -3.21. The molecule has 1 N–H and O–H groups in total. The van der Waals surface area contributed by atoms with Gasteiger partial charge in [-0.15, -0.1) is 0 Å². The minimum atomic E-state index is -4.79. The van der Waals surface area contributed by atoms with Crippen LogP contribution in [0.1, 0.15) is 16.8 Å². The van der Waals surface area contributed by atoms with Crippen LogP contribution in [0.4, 0.5) is 24.5 Å². The number of benzene rings is 1. The van der Waals surface area contributed by atoms with Gasteiger partial charge in [0.1, 0.15) is 5.56 Å². The molecule has 0 spiro atoms. The predicted octanol–water partition coefficient (Wildman–Crippen LogP) is 3.93. The number of nitrogens with one attached hydrogen (secondary N) is 1. The summed E-state index contributed by atoms with van der Waals surface area (Å²) in [5.74, 6) is 0. The Morgan fingerprint density at radius 2 is 2.05 bits per heavy atom. The van der Waals surface area contributed by atoms with Gasteiger partial charge in [-0.25, -0.2) is 0 Å². The van der Waals surface area contributed by atoms with Crippen molar-refractivity contribution in [3.63, 3.8) is 0 Å². The Labute approximate surface area is 124 Å². The molecule has 0 amide bonds. The van der Waals surface area contributed by atoms with E-state index in [1.54, 1.807) is 12.3 Å². The van der Waals surface area contributed by atoms with Gasteiger partial charge in [0, 0.05) is 18.0 Å². The highest BCUT2D eigenvalue weighted by atomic mass is 19.4. The predicted molar refractivity (Wildman–Crippen MR) is 74.4 cm³/mol. The van der Waals surface area contributed by atoms with Gasteiger partial charge < -0.3 is 5.32 Å². The molecule has 0 saturated carbocycles.